The number of benzene rings is 1. The largest absolute Gasteiger partial charge is 0.329 e. The monoisotopic (exact) mass is 260 g/mol. The van der Waals surface area contributed by atoms with E-state index in [4.69, 9.17) is 5.73 Å². The molecule has 1 fully saturated rings. The third-order valence-corrected chi connectivity index (χ3v) is 5.08. The van der Waals surface area contributed by atoms with E-state index in [0.717, 1.165) is 0 Å². The number of hydrogen-bond acceptors (Lipinski definition) is 3. The van der Waals surface area contributed by atoms with Gasteiger partial charge in [0.05, 0.1) is 0 Å². The normalized spacial score (nSPS) is 22.7. The van der Waals surface area contributed by atoms with Crippen LogP contribution in [-0.2, 0) is 0 Å². The van der Waals surface area contributed by atoms with E-state index >= 15 is 0 Å². The number of thiophene rings is 1. The van der Waals surface area contributed by atoms with Gasteiger partial charge in [-0.3, -0.25) is 4.90 Å². The Balaban J connectivity index is 2.00. The third kappa shape index (κ3) is 1.96. The molecule has 0 bridgehead atoms. The van der Waals surface area contributed by atoms with Gasteiger partial charge in [-0.25, -0.2) is 0 Å². The van der Waals surface area contributed by atoms with E-state index in [2.05, 4.69) is 41.5 Å². The number of nitrogens with two attached hydrogens (primary N) is 1. The molecule has 2 atom stereocenters. The second kappa shape index (κ2) is 5.00. The van der Waals surface area contributed by atoms with Gasteiger partial charge in [0.1, 0.15) is 0 Å². The van der Waals surface area contributed by atoms with E-state index in [1.54, 1.807) is 0 Å². The molecule has 0 amide bonds. The molecule has 3 rings (SSSR count). The van der Waals surface area contributed by atoms with Crippen LogP contribution in [0.3, 0.4) is 0 Å². The summed E-state index contributed by atoms with van der Waals surface area (Å²) in [5, 5.41) is 3.68. The van der Waals surface area contributed by atoms with E-state index in [1.165, 1.54) is 35.0 Å². The van der Waals surface area contributed by atoms with Crippen molar-refractivity contribution in [2.45, 2.75) is 31.8 Å². The van der Waals surface area contributed by atoms with Crippen molar-refractivity contribution >= 4 is 21.4 Å². The molecule has 0 saturated carbocycles. The maximum atomic E-state index is 6.06. The summed E-state index contributed by atoms with van der Waals surface area (Å²) in [6.07, 6.45) is 2.61. The molecule has 18 heavy (non-hydrogen) atoms. The van der Waals surface area contributed by atoms with Crippen LogP contribution in [0.4, 0.5) is 0 Å². The van der Waals surface area contributed by atoms with Crippen molar-refractivity contribution in [1.82, 2.24) is 4.90 Å². The maximum absolute atomic E-state index is 6.06. The predicted octanol–water partition coefficient (Wildman–Crippen LogP) is 3.39. The summed E-state index contributed by atoms with van der Waals surface area (Å²) in [7, 11) is 0. The molecule has 1 aromatic heterocycles. The lowest BCUT2D eigenvalue weighted by atomic mass is 10.0. The van der Waals surface area contributed by atoms with Gasteiger partial charge in [0.15, 0.2) is 0 Å². The Morgan fingerprint density at radius 1 is 1.44 bits per heavy atom. The van der Waals surface area contributed by atoms with Crippen molar-refractivity contribution in [3.63, 3.8) is 0 Å². The molecule has 2 unspecified atom stereocenters. The van der Waals surface area contributed by atoms with Crippen LogP contribution in [0.2, 0.25) is 0 Å². The molecule has 1 saturated heterocycles. The molecule has 2 aromatic rings. The first-order valence-electron chi connectivity index (χ1n) is 6.73. The first-order valence-corrected chi connectivity index (χ1v) is 7.61. The van der Waals surface area contributed by atoms with Crippen LogP contribution in [0.1, 0.15) is 31.4 Å². The van der Waals surface area contributed by atoms with Crippen molar-refractivity contribution in [3.05, 3.63) is 35.2 Å². The lowest BCUT2D eigenvalue weighted by Crippen LogP contribution is -2.35. The molecule has 2 nitrogen and oxygen atoms in total. The second-order valence-electron chi connectivity index (χ2n) is 5.17. The van der Waals surface area contributed by atoms with Crippen LogP contribution >= 0.6 is 11.3 Å². The summed E-state index contributed by atoms with van der Waals surface area (Å²) >= 11 is 1.84. The quantitative estimate of drug-likeness (QED) is 0.916. The zero-order chi connectivity index (χ0) is 12.5. The highest BCUT2D eigenvalue weighted by atomic mass is 32.1. The Kier molecular flexibility index (Phi) is 3.37. The second-order valence-corrected chi connectivity index (χ2v) is 6.08. The van der Waals surface area contributed by atoms with Gasteiger partial charge in [-0.1, -0.05) is 18.2 Å². The molecule has 0 aliphatic carbocycles. The smallest absolute Gasteiger partial charge is 0.0487 e. The minimum absolute atomic E-state index is 0.388. The van der Waals surface area contributed by atoms with Gasteiger partial charge in [0.2, 0.25) is 0 Å². The van der Waals surface area contributed by atoms with Crippen LogP contribution in [0.5, 0.6) is 0 Å². The highest BCUT2D eigenvalue weighted by Crippen LogP contribution is 2.35. The van der Waals surface area contributed by atoms with Gasteiger partial charge >= 0.3 is 0 Å². The zero-order valence-electron chi connectivity index (χ0n) is 10.8. The van der Waals surface area contributed by atoms with Crippen molar-refractivity contribution in [1.29, 1.82) is 0 Å². The fourth-order valence-corrected chi connectivity index (χ4v) is 4.12. The van der Waals surface area contributed by atoms with Crippen molar-refractivity contribution < 1.29 is 0 Å². The van der Waals surface area contributed by atoms with Crippen LogP contribution in [0.15, 0.2) is 29.6 Å². The molecule has 0 radical (unpaired) electrons. The van der Waals surface area contributed by atoms with E-state index in [9.17, 15) is 0 Å². The van der Waals surface area contributed by atoms with E-state index in [1.807, 2.05) is 11.3 Å². The first kappa shape index (κ1) is 12.2. The molecule has 0 spiro atoms. The lowest BCUT2D eigenvalue weighted by Gasteiger charge is -2.30. The lowest BCUT2D eigenvalue weighted by molar-refractivity contribution is 0.197. The van der Waals surface area contributed by atoms with Crippen LogP contribution < -0.4 is 5.73 Å². The Morgan fingerprint density at radius 3 is 3.00 bits per heavy atom. The highest BCUT2D eigenvalue weighted by molar-refractivity contribution is 7.17. The fourth-order valence-electron chi connectivity index (χ4n) is 3.12. The number of nitrogens with zero attached hydrogens (tertiary/aromatic N) is 1. The minimum Gasteiger partial charge on any atom is -0.329 e. The van der Waals surface area contributed by atoms with Crippen LogP contribution in [0, 0.1) is 0 Å². The fraction of sp³-hybridized carbons (Fsp3) is 0.467. The molecular weight excluding hydrogens is 240 g/mol. The maximum Gasteiger partial charge on any atom is 0.0487 e. The number of likely N-dealkylation sites (tertiary alicyclic amines) is 1. The average Bonchev–Trinajstić information content (AvgIpc) is 2.99. The van der Waals surface area contributed by atoms with Gasteiger partial charge in [0.25, 0.3) is 0 Å². The molecule has 96 valence electrons. The Hall–Kier alpha value is -0.900. The molecule has 1 aliphatic heterocycles. The third-order valence-electron chi connectivity index (χ3n) is 4.10. The van der Waals surface area contributed by atoms with E-state index < -0.39 is 0 Å². The van der Waals surface area contributed by atoms with Gasteiger partial charge in [0, 0.05) is 23.3 Å². The number of hydrogen-bond donors (Lipinski definition) is 1. The standard InChI is InChI=1S/C15H20N2S/c1-11-5-4-8-17(11)14(9-16)13-10-18-15-7-3-2-6-12(13)15/h2-3,6-7,10-11,14H,4-5,8-9,16H2,1H3. The van der Waals surface area contributed by atoms with Crippen molar-refractivity contribution in [3.8, 4) is 0 Å². The summed E-state index contributed by atoms with van der Waals surface area (Å²) in [5.74, 6) is 0. The Labute approximate surface area is 112 Å². The number of fused-ring (bicyclic) bond motifs is 1. The average molecular weight is 260 g/mol. The van der Waals surface area contributed by atoms with Gasteiger partial charge in [-0.15, -0.1) is 11.3 Å². The molecule has 1 aromatic carbocycles. The number of rotatable bonds is 3. The Bertz CT molecular complexity index is 534. The van der Waals surface area contributed by atoms with E-state index in [0.29, 0.717) is 18.6 Å². The molecule has 1 aliphatic rings. The zero-order valence-corrected chi connectivity index (χ0v) is 11.6. The SMILES string of the molecule is CC1CCCN1C(CN)c1csc2ccccc12. The topological polar surface area (TPSA) is 29.3 Å². The van der Waals surface area contributed by atoms with Crippen LogP contribution in [-0.4, -0.2) is 24.0 Å². The summed E-state index contributed by atoms with van der Waals surface area (Å²) in [5.41, 5.74) is 7.48. The van der Waals surface area contributed by atoms with Crippen molar-refractivity contribution in [2.24, 2.45) is 5.73 Å². The summed E-state index contributed by atoms with van der Waals surface area (Å²) in [6, 6.07) is 9.71. The molecular formula is C15H20N2S. The van der Waals surface area contributed by atoms with Gasteiger partial charge in [-0.2, -0.15) is 0 Å². The van der Waals surface area contributed by atoms with Crippen molar-refractivity contribution in [2.75, 3.05) is 13.1 Å². The first-order chi connectivity index (χ1) is 8.81. The predicted molar refractivity (Wildman–Crippen MR) is 79.0 cm³/mol. The molecule has 3 heteroatoms. The van der Waals surface area contributed by atoms with Gasteiger partial charge in [-0.05, 0) is 48.7 Å². The molecule has 2 heterocycles. The van der Waals surface area contributed by atoms with Gasteiger partial charge < -0.3 is 5.73 Å². The summed E-state index contributed by atoms with van der Waals surface area (Å²) in [6.45, 7) is 4.22. The Morgan fingerprint density at radius 2 is 2.28 bits per heavy atom. The molecule has 2 N–H and O–H groups in total. The summed E-state index contributed by atoms with van der Waals surface area (Å²) < 4.78 is 1.37. The van der Waals surface area contributed by atoms with E-state index in [-0.39, 0.29) is 0 Å². The minimum atomic E-state index is 0.388. The summed E-state index contributed by atoms with van der Waals surface area (Å²) in [4.78, 5) is 2.58. The highest BCUT2D eigenvalue weighted by Gasteiger charge is 2.29. The van der Waals surface area contributed by atoms with Crippen LogP contribution in [0.25, 0.3) is 10.1 Å².